The summed E-state index contributed by atoms with van der Waals surface area (Å²) in [5.74, 6) is -1.43. The van der Waals surface area contributed by atoms with Crippen LogP contribution in [0.5, 0.6) is 0 Å². The van der Waals surface area contributed by atoms with Gasteiger partial charge in [-0.25, -0.2) is 4.39 Å². The number of halogens is 1. The minimum Gasteiger partial charge on any atom is -0.480 e. The first kappa shape index (κ1) is 17.1. The highest BCUT2D eigenvalue weighted by Gasteiger charge is 2.20. The van der Waals surface area contributed by atoms with Crippen LogP contribution in [0.25, 0.3) is 0 Å². The van der Waals surface area contributed by atoms with Crippen LogP contribution in [0.1, 0.15) is 26.7 Å². The van der Waals surface area contributed by atoms with Crippen LogP contribution in [0, 0.1) is 11.7 Å². The first-order chi connectivity index (χ1) is 9.88. The van der Waals surface area contributed by atoms with Crippen molar-refractivity contribution in [1.82, 2.24) is 5.32 Å². The molecule has 0 aromatic heterocycles. The maximum atomic E-state index is 12.7. The summed E-state index contributed by atoms with van der Waals surface area (Å²) in [4.78, 5) is 22.9. The van der Waals surface area contributed by atoms with E-state index in [2.05, 4.69) is 10.6 Å². The van der Waals surface area contributed by atoms with Gasteiger partial charge in [-0.05, 0) is 43.1 Å². The molecule has 21 heavy (non-hydrogen) atoms. The molecule has 1 atom stereocenters. The lowest BCUT2D eigenvalue weighted by molar-refractivity contribution is -0.141. The lowest BCUT2D eigenvalue weighted by Crippen LogP contribution is -2.40. The van der Waals surface area contributed by atoms with Crippen LogP contribution in [0.3, 0.4) is 0 Å². The van der Waals surface area contributed by atoms with Crippen molar-refractivity contribution in [3.8, 4) is 0 Å². The number of aliphatic carboxylic acids is 1. The highest BCUT2D eigenvalue weighted by atomic mass is 19.1. The molecule has 0 saturated heterocycles. The number of nitrogens with one attached hydrogen (secondary N) is 2. The van der Waals surface area contributed by atoms with E-state index in [1.807, 2.05) is 13.8 Å². The molecule has 0 spiro atoms. The minimum atomic E-state index is -1.06. The fourth-order valence-corrected chi connectivity index (χ4v) is 1.72. The quantitative estimate of drug-likeness (QED) is 0.687. The van der Waals surface area contributed by atoms with Gasteiger partial charge in [-0.15, -0.1) is 0 Å². The molecule has 3 N–H and O–H groups in total. The van der Waals surface area contributed by atoms with E-state index in [-0.39, 0.29) is 6.42 Å². The van der Waals surface area contributed by atoms with E-state index in [1.54, 1.807) is 0 Å². The maximum Gasteiger partial charge on any atom is 0.321 e. The largest absolute Gasteiger partial charge is 0.480 e. The Bertz CT molecular complexity index is 474. The highest BCUT2D eigenvalue weighted by Crippen LogP contribution is 2.09. The molecule has 0 bridgehead atoms. The number of amides is 1. The van der Waals surface area contributed by atoms with E-state index in [0.29, 0.717) is 18.2 Å². The number of hydrogen-bond acceptors (Lipinski definition) is 3. The topological polar surface area (TPSA) is 78.4 Å². The summed E-state index contributed by atoms with van der Waals surface area (Å²) in [5.41, 5.74) is 0.438. The summed E-state index contributed by atoms with van der Waals surface area (Å²) in [5, 5.41) is 14.5. The SMILES string of the molecule is CC(C)CCNC(CC(=O)Nc1ccc(F)cc1)C(=O)O. The Labute approximate surface area is 123 Å². The summed E-state index contributed by atoms with van der Waals surface area (Å²) >= 11 is 0. The molecule has 0 saturated carbocycles. The fourth-order valence-electron chi connectivity index (χ4n) is 1.72. The Hall–Kier alpha value is -1.95. The number of anilines is 1. The molecule has 0 aliphatic carbocycles. The van der Waals surface area contributed by atoms with Gasteiger partial charge in [0.15, 0.2) is 0 Å². The zero-order valence-corrected chi connectivity index (χ0v) is 12.2. The van der Waals surface area contributed by atoms with Crippen molar-refractivity contribution in [2.75, 3.05) is 11.9 Å². The van der Waals surface area contributed by atoms with Crippen LogP contribution in [-0.2, 0) is 9.59 Å². The molecule has 1 aromatic rings. The lowest BCUT2D eigenvalue weighted by Gasteiger charge is -2.15. The Morgan fingerprint density at radius 3 is 2.38 bits per heavy atom. The first-order valence-electron chi connectivity index (χ1n) is 6.90. The van der Waals surface area contributed by atoms with E-state index in [4.69, 9.17) is 5.11 Å². The van der Waals surface area contributed by atoms with E-state index < -0.39 is 23.7 Å². The number of carboxylic acids is 1. The van der Waals surface area contributed by atoms with Crippen molar-refractivity contribution in [2.45, 2.75) is 32.7 Å². The lowest BCUT2D eigenvalue weighted by atomic mass is 10.1. The zero-order valence-electron chi connectivity index (χ0n) is 12.2. The van der Waals surface area contributed by atoms with Crippen LogP contribution in [0.2, 0.25) is 0 Å². The van der Waals surface area contributed by atoms with Crippen molar-refractivity contribution in [1.29, 1.82) is 0 Å². The van der Waals surface area contributed by atoms with Gasteiger partial charge in [-0.3, -0.25) is 9.59 Å². The molecule has 1 amide bonds. The fraction of sp³-hybridized carbons (Fsp3) is 0.467. The second kappa shape index (κ2) is 8.36. The summed E-state index contributed by atoms with van der Waals surface area (Å²) in [6.07, 6.45) is 0.661. The zero-order chi connectivity index (χ0) is 15.8. The number of benzene rings is 1. The average molecular weight is 296 g/mol. The third-order valence-corrected chi connectivity index (χ3v) is 2.93. The van der Waals surface area contributed by atoms with Crippen molar-refractivity contribution in [3.05, 3.63) is 30.1 Å². The van der Waals surface area contributed by atoms with Gasteiger partial charge in [0.25, 0.3) is 0 Å². The van der Waals surface area contributed by atoms with Gasteiger partial charge in [0.2, 0.25) is 5.91 Å². The van der Waals surface area contributed by atoms with Crippen LogP contribution in [0.4, 0.5) is 10.1 Å². The summed E-state index contributed by atoms with van der Waals surface area (Å²) in [6, 6.07) is 4.38. The van der Waals surface area contributed by atoms with Crippen molar-refractivity contribution in [3.63, 3.8) is 0 Å². The Morgan fingerprint density at radius 2 is 1.86 bits per heavy atom. The molecular formula is C15H21FN2O3. The number of rotatable bonds is 8. The molecule has 1 aromatic carbocycles. The molecule has 116 valence electrons. The highest BCUT2D eigenvalue weighted by molar-refractivity contribution is 5.93. The molecule has 1 rings (SSSR count). The van der Waals surface area contributed by atoms with E-state index in [9.17, 15) is 14.0 Å². The van der Waals surface area contributed by atoms with Crippen LogP contribution >= 0.6 is 0 Å². The maximum absolute atomic E-state index is 12.7. The van der Waals surface area contributed by atoms with Crippen molar-refractivity contribution >= 4 is 17.6 Å². The molecule has 0 aliphatic rings. The molecule has 0 aliphatic heterocycles. The summed E-state index contributed by atoms with van der Waals surface area (Å²) < 4.78 is 12.7. The monoisotopic (exact) mass is 296 g/mol. The predicted molar refractivity (Wildman–Crippen MR) is 78.5 cm³/mol. The Balaban J connectivity index is 2.48. The normalized spacial score (nSPS) is 12.2. The second-order valence-corrected chi connectivity index (χ2v) is 5.29. The van der Waals surface area contributed by atoms with Gasteiger partial charge in [0.1, 0.15) is 11.9 Å². The minimum absolute atomic E-state index is 0.176. The number of hydrogen-bond donors (Lipinski definition) is 3. The second-order valence-electron chi connectivity index (χ2n) is 5.29. The third-order valence-electron chi connectivity index (χ3n) is 2.93. The van der Waals surface area contributed by atoms with E-state index in [1.165, 1.54) is 24.3 Å². The first-order valence-corrected chi connectivity index (χ1v) is 6.90. The smallest absolute Gasteiger partial charge is 0.321 e. The number of carbonyl (C=O) groups is 2. The number of carboxylic acid groups (broad SMARTS) is 1. The van der Waals surface area contributed by atoms with Crippen LogP contribution < -0.4 is 10.6 Å². The van der Waals surface area contributed by atoms with Gasteiger partial charge in [-0.2, -0.15) is 0 Å². The van der Waals surface area contributed by atoms with Crippen molar-refractivity contribution < 1.29 is 19.1 Å². The summed E-state index contributed by atoms with van der Waals surface area (Å²) in [7, 11) is 0. The van der Waals surface area contributed by atoms with Crippen molar-refractivity contribution in [2.24, 2.45) is 5.92 Å². The van der Waals surface area contributed by atoms with Crippen LogP contribution in [0.15, 0.2) is 24.3 Å². The molecule has 0 fully saturated rings. The standard InChI is InChI=1S/C15H21FN2O3/c1-10(2)7-8-17-13(15(20)21)9-14(19)18-12-5-3-11(16)4-6-12/h3-6,10,13,17H,7-9H2,1-2H3,(H,18,19)(H,20,21). The molecule has 0 radical (unpaired) electrons. The molecule has 5 nitrogen and oxygen atoms in total. The third kappa shape index (κ3) is 6.85. The molecule has 6 heteroatoms. The van der Waals surface area contributed by atoms with Gasteiger partial charge in [0, 0.05) is 5.69 Å². The molecular weight excluding hydrogens is 275 g/mol. The molecule has 1 unspecified atom stereocenters. The predicted octanol–water partition coefficient (Wildman–Crippen LogP) is 2.24. The van der Waals surface area contributed by atoms with E-state index >= 15 is 0 Å². The van der Waals surface area contributed by atoms with Gasteiger partial charge >= 0.3 is 5.97 Å². The van der Waals surface area contributed by atoms with E-state index in [0.717, 1.165) is 6.42 Å². The number of carbonyl (C=O) groups excluding carboxylic acids is 1. The van der Waals surface area contributed by atoms with Crippen LogP contribution in [-0.4, -0.2) is 29.6 Å². The van der Waals surface area contributed by atoms with Gasteiger partial charge in [0.05, 0.1) is 6.42 Å². The molecule has 0 heterocycles. The Kier molecular flexibility index (Phi) is 6.81. The average Bonchev–Trinajstić information content (AvgIpc) is 2.39. The Morgan fingerprint density at radius 1 is 1.24 bits per heavy atom. The summed E-state index contributed by atoms with van der Waals surface area (Å²) in [6.45, 7) is 4.62. The van der Waals surface area contributed by atoms with Gasteiger partial charge < -0.3 is 15.7 Å². The van der Waals surface area contributed by atoms with Gasteiger partial charge in [-0.1, -0.05) is 13.8 Å².